The molecule has 8 nitrogen and oxygen atoms in total. The van der Waals surface area contributed by atoms with Gasteiger partial charge in [0.05, 0.1) is 15.5 Å². The number of amides is 1. The van der Waals surface area contributed by atoms with Gasteiger partial charge < -0.3 is 4.90 Å². The third kappa shape index (κ3) is 3.26. The first-order valence-electron chi connectivity index (χ1n) is 10.2. The van der Waals surface area contributed by atoms with Crippen molar-refractivity contribution in [3.63, 3.8) is 0 Å². The fourth-order valence-electron chi connectivity index (χ4n) is 4.27. The van der Waals surface area contributed by atoms with Crippen molar-refractivity contribution in [2.45, 2.75) is 9.79 Å². The Morgan fingerprint density at radius 3 is 2.19 bits per heavy atom. The lowest BCUT2D eigenvalue weighted by Crippen LogP contribution is -2.52. The molecule has 0 atom stereocenters. The number of hydrogen-bond acceptors (Lipinski definition) is 5. The number of sulfonamides is 2. The average molecular weight is 472 g/mol. The molecule has 2 aliphatic heterocycles. The third-order valence-corrected chi connectivity index (χ3v) is 9.65. The summed E-state index contributed by atoms with van der Waals surface area (Å²) in [5.74, 6) is -0.352. The Balaban J connectivity index is 1.32. The topological polar surface area (TPSA) is 95.1 Å². The minimum absolute atomic E-state index is 0.158. The molecular formula is C22H21N3O5S2. The molecule has 2 heterocycles. The molecule has 1 fully saturated rings. The number of anilines is 1. The molecule has 0 bridgehead atoms. The van der Waals surface area contributed by atoms with Crippen LogP contribution in [0.4, 0.5) is 5.69 Å². The summed E-state index contributed by atoms with van der Waals surface area (Å²) in [6.45, 7) is 0.407. The zero-order valence-electron chi connectivity index (χ0n) is 17.1. The number of carbonyl (C=O) groups excluding carboxylic acids is 1. The lowest BCUT2D eigenvalue weighted by Gasteiger charge is -2.34. The fraction of sp³-hybridized carbons (Fsp3) is 0.227. The molecule has 0 N–H and O–H groups in total. The summed E-state index contributed by atoms with van der Waals surface area (Å²) in [5.41, 5.74) is 0.497. The zero-order chi connectivity index (χ0) is 22.5. The normalized spacial score (nSPS) is 18.2. The molecule has 3 aromatic rings. The monoisotopic (exact) mass is 471 g/mol. The van der Waals surface area contributed by atoms with Crippen molar-refractivity contribution in [3.05, 3.63) is 66.7 Å². The third-order valence-electron chi connectivity index (χ3n) is 5.93. The van der Waals surface area contributed by atoms with Crippen LogP contribution in [0.15, 0.2) is 76.5 Å². The molecular weight excluding hydrogens is 450 g/mol. The Labute approximate surface area is 186 Å². The van der Waals surface area contributed by atoms with Gasteiger partial charge in [0.15, 0.2) is 0 Å². The highest BCUT2D eigenvalue weighted by Crippen LogP contribution is 2.41. The average Bonchev–Trinajstić information content (AvgIpc) is 3.03. The van der Waals surface area contributed by atoms with Crippen molar-refractivity contribution in [3.8, 4) is 0 Å². The predicted octanol–water partition coefficient (Wildman–Crippen LogP) is 1.88. The molecule has 32 heavy (non-hydrogen) atoms. The number of carbonyl (C=O) groups is 1. The molecule has 0 unspecified atom stereocenters. The van der Waals surface area contributed by atoms with Crippen LogP contribution in [0, 0.1) is 0 Å². The number of nitrogens with zero attached hydrogens (tertiary/aromatic N) is 3. The largest absolute Gasteiger partial charge is 0.338 e. The van der Waals surface area contributed by atoms with Crippen LogP contribution < -0.4 is 4.31 Å². The summed E-state index contributed by atoms with van der Waals surface area (Å²) in [4.78, 5) is 14.9. The molecule has 1 amide bonds. The molecule has 0 saturated carbocycles. The highest BCUT2D eigenvalue weighted by atomic mass is 32.2. The van der Waals surface area contributed by atoms with Gasteiger partial charge in [-0.15, -0.1) is 0 Å². The minimum atomic E-state index is -3.82. The molecule has 0 aliphatic carbocycles. The van der Waals surface area contributed by atoms with Gasteiger partial charge in [-0.25, -0.2) is 16.8 Å². The zero-order valence-corrected chi connectivity index (χ0v) is 18.7. The summed E-state index contributed by atoms with van der Waals surface area (Å²) in [6, 6.07) is 18.6. The second kappa shape index (κ2) is 7.58. The van der Waals surface area contributed by atoms with E-state index in [4.69, 9.17) is 0 Å². The van der Waals surface area contributed by atoms with Gasteiger partial charge in [0.1, 0.15) is 6.54 Å². The van der Waals surface area contributed by atoms with Crippen LogP contribution in [0.3, 0.4) is 0 Å². The molecule has 0 spiro atoms. The van der Waals surface area contributed by atoms with Gasteiger partial charge in [0, 0.05) is 31.6 Å². The van der Waals surface area contributed by atoms with Gasteiger partial charge in [0.25, 0.3) is 10.0 Å². The second-order valence-electron chi connectivity index (χ2n) is 7.74. The molecule has 166 valence electrons. The number of hydrogen-bond donors (Lipinski definition) is 0. The maximum absolute atomic E-state index is 13.1. The van der Waals surface area contributed by atoms with Gasteiger partial charge in [-0.3, -0.25) is 9.10 Å². The van der Waals surface area contributed by atoms with Gasteiger partial charge >= 0.3 is 0 Å². The second-order valence-corrected chi connectivity index (χ2v) is 11.5. The molecule has 0 aromatic heterocycles. The minimum Gasteiger partial charge on any atom is -0.338 e. The lowest BCUT2D eigenvalue weighted by atomic mass is 10.1. The van der Waals surface area contributed by atoms with E-state index in [0.29, 0.717) is 11.1 Å². The maximum Gasteiger partial charge on any atom is 0.265 e. The van der Waals surface area contributed by atoms with Crippen LogP contribution in [0.25, 0.3) is 10.8 Å². The molecule has 2 aliphatic rings. The quantitative estimate of drug-likeness (QED) is 0.579. The van der Waals surface area contributed by atoms with Crippen LogP contribution in [0.2, 0.25) is 0 Å². The Hall–Kier alpha value is -2.95. The van der Waals surface area contributed by atoms with Crippen LogP contribution in [0.5, 0.6) is 0 Å². The van der Waals surface area contributed by atoms with Crippen molar-refractivity contribution in [2.24, 2.45) is 0 Å². The Morgan fingerprint density at radius 2 is 1.50 bits per heavy atom. The molecule has 10 heteroatoms. The summed E-state index contributed by atoms with van der Waals surface area (Å²) in [7, 11) is -7.45. The SMILES string of the molecule is O=C(CN1c2cccc3cccc(c23)S1(=O)=O)N1CCN(S(=O)(=O)c2ccccc2)CC1. The lowest BCUT2D eigenvalue weighted by molar-refractivity contribution is -0.130. The molecule has 1 saturated heterocycles. The van der Waals surface area contributed by atoms with Crippen molar-refractivity contribution >= 4 is 42.4 Å². The summed E-state index contributed by atoms with van der Waals surface area (Å²) >= 11 is 0. The van der Waals surface area contributed by atoms with Gasteiger partial charge in [-0.2, -0.15) is 4.31 Å². The van der Waals surface area contributed by atoms with Crippen LogP contribution >= 0.6 is 0 Å². The van der Waals surface area contributed by atoms with E-state index in [0.717, 1.165) is 9.69 Å². The molecule has 0 radical (unpaired) electrons. The Kier molecular flexibility index (Phi) is 4.95. The smallest absolute Gasteiger partial charge is 0.265 e. The van der Waals surface area contributed by atoms with Crippen LogP contribution in [-0.2, 0) is 24.8 Å². The number of rotatable bonds is 4. The van der Waals surface area contributed by atoms with E-state index in [9.17, 15) is 21.6 Å². The fourth-order valence-corrected chi connectivity index (χ4v) is 7.37. The molecule has 5 rings (SSSR count). The first-order valence-corrected chi connectivity index (χ1v) is 13.1. The number of benzene rings is 3. The number of piperazine rings is 1. The first kappa shape index (κ1) is 20.9. The van der Waals surface area contributed by atoms with E-state index in [1.807, 2.05) is 12.1 Å². The van der Waals surface area contributed by atoms with E-state index >= 15 is 0 Å². The van der Waals surface area contributed by atoms with E-state index in [1.165, 1.54) is 9.21 Å². The summed E-state index contributed by atoms with van der Waals surface area (Å²) in [5, 5.41) is 1.43. The summed E-state index contributed by atoms with van der Waals surface area (Å²) in [6.07, 6.45) is 0. The highest BCUT2D eigenvalue weighted by Gasteiger charge is 2.38. The highest BCUT2D eigenvalue weighted by molar-refractivity contribution is 7.93. The van der Waals surface area contributed by atoms with Gasteiger partial charge in [0.2, 0.25) is 15.9 Å². The van der Waals surface area contributed by atoms with Crippen molar-refractivity contribution < 1.29 is 21.6 Å². The first-order chi connectivity index (χ1) is 15.3. The van der Waals surface area contributed by atoms with Crippen LogP contribution in [-0.4, -0.2) is 64.7 Å². The Morgan fingerprint density at radius 1 is 0.844 bits per heavy atom. The predicted molar refractivity (Wildman–Crippen MR) is 120 cm³/mol. The van der Waals surface area contributed by atoms with Gasteiger partial charge in [-0.1, -0.05) is 42.5 Å². The van der Waals surface area contributed by atoms with E-state index in [1.54, 1.807) is 54.6 Å². The van der Waals surface area contributed by atoms with Crippen molar-refractivity contribution in [1.82, 2.24) is 9.21 Å². The van der Waals surface area contributed by atoms with E-state index in [2.05, 4.69) is 0 Å². The van der Waals surface area contributed by atoms with Crippen LogP contribution in [0.1, 0.15) is 0 Å². The standard InChI is InChI=1S/C22H21N3O5S2/c26-21(23-12-14-24(15-13-23)31(27,28)18-8-2-1-3-9-18)16-25-19-10-4-6-17-7-5-11-20(22(17)19)32(25,29)30/h1-11H,12-16H2. The van der Waals surface area contributed by atoms with Crippen molar-refractivity contribution in [1.29, 1.82) is 0 Å². The van der Waals surface area contributed by atoms with Crippen molar-refractivity contribution in [2.75, 3.05) is 37.0 Å². The maximum atomic E-state index is 13.1. The molecule has 3 aromatic carbocycles. The van der Waals surface area contributed by atoms with Gasteiger partial charge in [-0.05, 0) is 29.7 Å². The Bertz CT molecular complexity index is 1410. The van der Waals surface area contributed by atoms with E-state index in [-0.39, 0.29) is 48.4 Å². The van der Waals surface area contributed by atoms with E-state index < -0.39 is 20.0 Å². The summed E-state index contributed by atoms with van der Waals surface area (Å²) < 4.78 is 54.3.